The Labute approximate surface area is 127 Å². The predicted molar refractivity (Wildman–Crippen MR) is 62.5 cm³/mol. The van der Waals surface area contributed by atoms with Crippen LogP contribution in [0.25, 0.3) is 0 Å². The molecule has 0 atom stereocenters. The number of sulfonamides is 1. The van der Waals surface area contributed by atoms with Crippen molar-refractivity contribution in [3.05, 3.63) is 0 Å². The quantitative estimate of drug-likeness (QED) is 0.479. The lowest BCUT2D eigenvalue weighted by Crippen LogP contribution is -2.64. The van der Waals surface area contributed by atoms with Gasteiger partial charge in [0.1, 0.15) is 0 Å². The van der Waals surface area contributed by atoms with E-state index < -0.39 is 49.7 Å². The number of alkyl halides is 6. The van der Waals surface area contributed by atoms with E-state index in [0.717, 1.165) is 0 Å². The molecule has 138 valence electrons. The monoisotopic (exact) mass is 393 g/mol. The lowest BCUT2D eigenvalue weighted by molar-refractivity contribution is -0.247. The zero-order valence-electron chi connectivity index (χ0n) is 11.3. The Hall–Kier alpha value is -0.640. The Morgan fingerprint density at radius 2 is 1.22 bits per heavy atom. The summed E-state index contributed by atoms with van der Waals surface area (Å²) >= 11 is 0. The van der Waals surface area contributed by atoms with Gasteiger partial charge in [-0.15, -0.1) is 0 Å². The van der Waals surface area contributed by atoms with Gasteiger partial charge in [0.25, 0.3) is 10.0 Å². The van der Waals surface area contributed by atoms with Crippen LogP contribution in [0.5, 0.6) is 0 Å². The van der Waals surface area contributed by atoms with E-state index in [1.165, 1.54) is 11.9 Å². The van der Waals surface area contributed by atoms with E-state index in [-0.39, 0.29) is 17.4 Å². The molecule has 1 fully saturated rings. The first-order valence-corrected chi connectivity index (χ1v) is 8.62. The van der Waals surface area contributed by atoms with Crippen LogP contribution in [-0.2, 0) is 20.1 Å². The Morgan fingerprint density at radius 3 is 1.57 bits per heavy atom. The van der Waals surface area contributed by atoms with Crippen molar-refractivity contribution in [2.45, 2.75) is 16.4 Å². The average molecular weight is 393 g/mol. The molecule has 0 N–H and O–H groups in total. The second-order valence-corrected chi connectivity index (χ2v) is 8.17. The summed E-state index contributed by atoms with van der Waals surface area (Å²) in [5.74, 6) is -6.96. The van der Waals surface area contributed by atoms with E-state index in [4.69, 9.17) is 0 Å². The first-order valence-electron chi connectivity index (χ1n) is 5.77. The number of piperazine rings is 1. The maximum Gasteiger partial charge on any atom is 0.428 e. The van der Waals surface area contributed by atoms with Crippen molar-refractivity contribution in [3.63, 3.8) is 0 Å². The molecule has 0 spiro atoms. The first-order chi connectivity index (χ1) is 10.00. The topological polar surface area (TPSA) is 97.8 Å². The van der Waals surface area contributed by atoms with E-state index >= 15 is 0 Å². The van der Waals surface area contributed by atoms with Gasteiger partial charge in [-0.2, -0.15) is 30.6 Å². The Kier molecular flexibility index (Phi) is 5.07. The lowest BCUT2D eigenvalue weighted by atomic mass is 10.3. The molecule has 23 heavy (non-hydrogen) atoms. The van der Waals surface area contributed by atoms with Crippen LogP contribution in [0.3, 0.4) is 0 Å². The summed E-state index contributed by atoms with van der Waals surface area (Å²) in [6, 6.07) is 0. The number of hydrogen-bond donors (Lipinski definition) is 0. The van der Waals surface area contributed by atoms with E-state index in [9.17, 15) is 47.7 Å². The van der Waals surface area contributed by atoms with Crippen LogP contribution in [0.4, 0.5) is 26.3 Å². The van der Waals surface area contributed by atoms with Crippen LogP contribution in [0.2, 0.25) is 0 Å². The van der Waals surface area contributed by atoms with Gasteiger partial charge < -0.3 is 9.45 Å². The summed E-state index contributed by atoms with van der Waals surface area (Å²) < 4.78 is 133. The van der Waals surface area contributed by atoms with Gasteiger partial charge in [0.05, 0.1) is 0 Å². The van der Waals surface area contributed by atoms with Crippen LogP contribution in [0.1, 0.15) is 0 Å². The van der Waals surface area contributed by atoms with E-state index in [2.05, 4.69) is 0 Å². The van der Waals surface area contributed by atoms with Crippen molar-refractivity contribution in [1.82, 2.24) is 9.21 Å². The second kappa shape index (κ2) is 5.72. The SMILES string of the molecule is CN1CCN(S(=O)(=O)C(F)(F)C(F)(F)C(F)(F)S(=O)(=O)[O-])CC1. The minimum atomic E-state index is -7.25. The van der Waals surface area contributed by atoms with E-state index in [1.807, 2.05) is 0 Å². The molecule has 15 heteroatoms. The summed E-state index contributed by atoms with van der Waals surface area (Å²) in [5, 5.41) is -13.3. The van der Waals surface area contributed by atoms with Gasteiger partial charge in [0.15, 0.2) is 10.1 Å². The zero-order chi connectivity index (χ0) is 18.5. The highest BCUT2D eigenvalue weighted by Crippen LogP contribution is 2.51. The van der Waals surface area contributed by atoms with Gasteiger partial charge in [0.2, 0.25) is 0 Å². The Bertz CT molecular complexity index is 656. The molecule has 1 aliphatic heterocycles. The fraction of sp³-hybridized carbons (Fsp3) is 1.00. The number of hydrogen-bond acceptors (Lipinski definition) is 6. The Balaban J connectivity index is 3.33. The zero-order valence-corrected chi connectivity index (χ0v) is 13.0. The summed E-state index contributed by atoms with van der Waals surface area (Å²) in [7, 11) is -12.1. The van der Waals surface area contributed by atoms with E-state index in [1.54, 1.807) is 0 Å². The van der Waals surface area contributed by atoms with Gasteiger partial charge >= 0.3 is 16.4 Å². The van der Waals surface area contributed by atoms with Crippen molar-refractivity contribution >= 4 is 20.1 Å². The standard InChI is InChI=1S/C8H12F6N2O5S2/c1-15-2-4-16(5-3-15)22(17,18)7(11,12)6(9,10)8(13,14)23(19,20)21/h2-5H2,1H3,(H,19,20,21)/p-1. The van der Waals surface area contributed by atoms with Gasteiger partial charge in [-0.05, 0) is 7.05 Å². The molecule has 0 amide bonds. The van der Waals surface area contributed by atoms with Crippen LogP contribution < -0.4 is 0 Å². The summed E-state index contributed by atoms with van der Waals surface area (Å²) in [6.07, 6.45) is 0. The third-order valence-electron chi connectivity index (χ3n) is 3.17. The first kappa shape index (κ1) is 20.4. The van der Waals surface area contributed by atoms with Gasteiger partial charge in [-0.3, -0.25) is 0 Å². The molecule has 1 aliphatic rings. The molecular weight excluding hydrogens is 382 g/mol. The van der Waals surface area contributed by atoms with Crippen LogP contribution in [-0.4, -0.2) is 80.3 Å². The molecule has 0 saturated carbocycles. The second-order valence-electron chi connectivity index (χ2n) is 4.77. The van der Waals surface area contributed by atoms with Crippen LogP contribution in [0, 0.1) is 0 Å². The summed E-state index contributed by atoms with van der Waals surface area (Å²) in [4.78, 5) is 1.46. The number of rotatable bonds is 5. The third-order valence-corrected chi connectivity index (χ3v) is 6.00. The van der Waals surface area contributed by atoms with Gasteiger partial charge in [0, 0.05) is 26.2 Å². The van der Waals surface area contributed by atoms with Crippen molar-refractivity contribution in [1.29, 1.82) is 0 Å². The van der Waals surface area contributed by atoms with Crippen molar-refractivity contribution < 1.29 is 47.7 Å². The highest BCUT2D eigenvalue weighted by atomic mass is 32.2. The largest absolute Gasteiger partial charge is 0.743 e. The molecule has 0 aromatic rings. The highest BCUT2D eigenvalue weighted by molar-refractivity contribution is 7.90. The van der Waals surface area contributed by atoms with E-state index in [0.29, 0.717) is 0 Å². The number of halogens is 6. The lowest BCUT2D eigenvalue weighted by Gasteiger charge is -2.38. The number of nitrogens with zero attached hydrogens (tertiary/aromatic N) is 2. The van der Waals surface area contributed by atoms with Crippen molar-refractivity contribution in [3.8, 4) is 0 Å². The molecular formula is C8H11F6N2O5S2-. The molecule has 1 saturated heterocycles. The molecule has 7 nitrogen and oxygen atoms in total. The molecule has 0 bridgehead atoms. The van der Waals surface area contributed by atoms with Crippen LogP contribution >= 0.6 is 0 Å². The fourth-order valence-corrected chi connectivity index (χ4v) is 3.61. The molecule has 0 aromatic carbocycles. The number of likely N-dealkylation sites (N-methyl/N-ethyl adjacent to an activating group) is 1. The maximum absolute atomic E-state index is 13.6. The van der Waals surface area contributed by atoms with Crippen molar-refractivity contribution in [2.24, 2.45) is 0 Å². The molecule has 0 aliphatic carbocycles. The molecule has 0 unspecified atom stereocenters. The molecule has 0 radical (unpaired) electrons. The summed E-state index contributed by atoms with van der Waals surface area (Å²) in [5.41, 5.74) is 0. The van der Waals surface area contributed by atoms with Crippen molar-refractivity contribution in [2.75, 3.05) is 33.2 Å². The third kappa shape index (κ3) is 3.04. The van der Waals surface area contributed by atoms with Gasteiger partial charge in [-0.1, -0.05) is 0 Å². The molecule has 0 aromatic heterocycles. The average Bonchev–Trinajstić information content (AvgIpc) is 2.37. The Morgan fingerprint density at radius 1 is 0.826 bits per heavy atom. The fourth-order valence-electron chi connectivity index (χ4n) is 1.68. The maximum atomic E-state index is 13.6. The van der Waals surface area contributed by atoms with Crippen LogP contribution in [0.15, 0.2) is 0 Å². The highest BCUT2D eigenvalue weighted by Gasteiger charge is 2.80. The molecule has 1 heterocycles. The normalized spacial score (nSPS) is 20.7. The predicted octanol–water partition coefficient (Wildman–Crippen LogP) is -0.0703. The smallest absolute Gasteiger partial charge is 0.428 e. The van der Waals surface area contributed by atoms with Gasteiger partial charge in [-0.25, -0.2) is 16.8 Å². The minimum Gasteiger partial charge on any atom is -0.743 e. The summed E-state index contributed by atoms with van der Waals surface area (Å²) in [6.45, 7) is -1.67. The molecule has 1 rings (SSSR count). The minimum absolute atomic E-state index is 0.142.